The largest absolute Gasteiger partial charge is 0.316 e. The van der Waals surface area contributed by atoms with Crippen molar-refractivity contribution in [2.45, 2.75) is 13.8 Å². The number of rotatable bonds is 5. The van der Waals surface area contributed by atoms with Gasteiger partial charge in [0.15, 0.2) is 0 Å². The van der Waals surface area contributed by atoms with Crippen LogP contribution >= 0.6 is 0 Å². The second-order valence-corrected chi connectivity index (χ2v) is 6.18. The van der Waals surface area contributed by atoms with Gasteiger partial charge in [0.25, 0.3) is 0 Å². The van der Waals surface area contributed by atoms with Crippen LogP contribution in [-0.4, -0.2) is 4.57 Å². The molecule has 0 saturated heterocycles. The predicted octanol–water partition coefficient (Wildman–Crippen LogP) is 6.73. The van der Waals surface area contributed by atoms with Crippen molar-refractivity contribution in [3.05, 3.63) is 103 Å². The zero-order valence-corrected chi connectivity index (χ0v) is 14.9. The van der Waals surface area contributed by atoms with Crippen molar-refractivity contribution in [2.75, 3.05) is 0 Å². The van der Waals surface area contributed by atoms with Crippen molar-refractivity contribution in [3.63, 3.8) is 0 Å². The molecule has 0 radical (unpaired) electrons. The topological polar surface area (TPSA) is 4.93 Å². The van der Waals surface area contributed by atoms with Gasteiger partial charge in [0.2, 0.25) is 0 Å². The molecule has 3 rings (SSSR count). The molecule has 0 aliphatic carbocycles. The van der Waals surface area contributed by atoms with Gasteiger partial charge in [-0.15, -0.1) is 0 Å². The highest BCUT2D eigenvalue weighted by atomic mass is 15.0. The van der Waals surface area contributed by atoms with Gasteiger partial charge in [-0.2, -0.15) is 0 Å². The second kappa shape index (κ2) is 6.82. The lowest BCUT2D eigenvalue weighted by molar-refractivity contribution is 1.12. The summed E-state index contributed by atoms with van der Waals surface area (Å²) in [6.07, 6.45) is 7.85. The lowest BCUT2D eigenvalue weighted by Gasteiger charge is -2.12. The number of nitrogens with zero attached hydrogens (tertiary/aromatic N) is 1. The molecule has 0 aliphatic rings. The maximum absolute atomic E-state index is 3.99. The Labute approximate surface area is 149 Å². The molecular formula is C24H23N. The van der Waals surface area contributed by atoms with Crippen LogP contribution in [-0.2, 0) is 0 Å². The molecule has 2 aromatic carbocycles. The molecule has 0 unspecified atom stereocenters. The van der Waals surface area contributed by atoms with Crippen molar-refractivity contribution in [1.82, 2.24) is 4.57 Å². The van der Waals surface area contributed by atoms with Crippen molar-refractivity contribution in [2.24, 2.45) is 0 Å². The number of aromatic nitrogens is 1. The standard InChI is InChI=1S/C24H23N/c1-6-17(4)21(8-3)22-15-23-19(7-2)16-25(24(23)14-18(22)5)20-12-10-9-11-13-20/h6-16H,1-3H2,4-5H3/b21-17+. The van der Waals surface area contributed by atoms with E-state index in [0.717, 1.165) is 22.4 Å². The highest BCUT2D eigenvalue weighted by Crippen LogP contribution is 2.32. The number of para-hydroxylation sites is 1. The second-order valence-electron chi connectivity index (χ2n) is 6.18. The van der Waals surface area contributed by atoms with Crippen LogP contribution < -0.4 is 0 Å². The molecule has 124 valence electrons. The van der Waals surface area contributed by atoms with Crippen LogP contribution in [0, 0.1) is 6.92 Å². The summed E-state index contributed by atoms with van der Waals surface area (Å²) in [7, 11) is 0. The summed E-state index contributed by atoms with van der Waals surface area (Å²) in [6, 6.07) is 14.9. The zero-order valence-electron chi connectivity index (χ0n) is 14.9. The van der Waals surface area contributed by atoms with Crippen molar-refractivity contribution >= 4 is 22.6 Å². The molecule has 0 saturated carbocycles. The summed E-state index contributed by atoms with van der Waals surface area (Å²) in [5.41, 5.74) is 8.11. The van der Waals surface area contributed by atoms with E-state index < -0.39 is 0 Å². The quantitative estimate of drug-likeness (QED) is 0.458. The lowest BCUT2D eigenvalue weighted by Crippen LogP contribution is -1.94. The van der Waals surface area contributed by atoms with Gasteiger partial charge in [-0.1, -0.05) is 56.2 Å². The molecule has 0 N–H and O–H groups in total. The minimum Gasteiger partial charge on any atom is -0.316 e. The van der Waals surface area contributed by atoms with Crippen molar-refractivity contribution < 1.29 is 0 Å². The fourth-order valence-electron chi connectivity index (χ4n) is 3.25. The third-order valence-electron chi connectivity index (χ3n) is 4.66. The molecule has 0 amide bonds. The Bertz CT molecular complexity index is 998. The van der Waals surface area contributed by atoms with Gasteiger partial charge in [0.05, 0.1) is 5.52 Å². The first-order valence-electron chi connectivity index (χ1n) is 8.40. The average Bonchev–Trinajstić information content (AvgIpc) is 3.00. The molecule has 3 aromatic rings. The Morgan fingerprint density at radius 1 is 1.00 bits per heavy atom. The molecule has 0 aliphatic heterocycles. The zero-order chi connectivity index (χ0) is 18.0. The van der Waals surface area contributed by atoms with E-state index in [-0.39, 0.29) is 0 Å². The van der Waals surface area contributed by atoms with E-state index in [2.05, 4.69) is 80.7 Å². The highest BCUT2D eigenvalue weighted by Gasteiger charge is 2.13. The summed E-state index contributed by atoms with van der Waals surface area (Å²) in [5, 5.41) is 1.19. The molecule has 1 heteroatoms. The van der Waals surface area contributed by atoms with Crippen LogP contribution in [0.3, 0.4) is 0 Å². The van der Waals surface area contributed by atoms with Crippen LogP contribution in [0.5, 0.6) is 0 Å². The smallest absolute Gasteiger partial charge is 0.0537 e. The molecule has 0 spiro atoms. The van der Waals surface area contributed by atoms with Gasteiger partial charge < -0.3 is 4.57 Å². The summed E-state index contributed by atoms with van der Waals surface area (Å²) in [5.74, 6) is 0. The SMILES string of the molecule is C=C/C(C)=C(\C=C)c1cc2c(C=C)cn(-c3ccccc3)c2cc1C. The van der Waals surface area contributed by atoms with E-state index >= 15 is 0 Å². The number of hydrogen-bond acceptors (Lipinski definition) is 0. The van der Waals surface area contributed by atoms with Crippen LogP contribution in [0.15, 0.2) is 86.1 Å². The number of benzene rings is 2. The highest BCUT2D eigenvalue weighted by molar-refractivity contribution is 5.95. The Hall–Kier alpha value is -3.06. The first kappa shape index (κ1) is 16.8. The Balaban J connectivity index is 2.34. The fourth-order valence-corrected chi connectivity index (χ4v) is 3.25. The van der Waals surface area contributed by atoms with E-state index in [1.165, 1.54) is 22.0 Å². The summed E-state index contributed by atoms with van der Waals surface area (Å²) in [4.78, 5) is 0. The molecule has 25 heavy (non-hydrogen) atoms. The maximum atomic E-state index is 3.99. The van der Waals surface area contributed by atoms with Crippen LogP contribution in [0.2, 0.25) is 0 Å². The van der Waals surface area contributed by atoms with E-state index in [1.807, 2.05) is 24.3 Å². The number of allylic oxidation sites excluding steroid dienone is 4. The third-order valence-corrected chi connectivity index (χ3v) is 4.66. The van der Waals surface area contributed by atoms with Crippen LogP contribution in [0.4, 0.5) is 0 Å². The first-order chi connectivity index (χ1) is 12.1. The van der Waals surface area contributed by atoms with Crippen LogP contribution in [0.1, 0.15) is 23.6 Å². The maximum Gasteiger partial charge on any atom is 0.0537 e. The summed E-state index contributed by atoms with van der Waals surface area (Å²) in [6.45, 7) is 16.1. The third kappa shape index (κ3) is 2.89. The molecule has 0 bridgehead atoms. The first-order valence-corrected chi connectivity index (χ1v) is 8.40. The van der Waals surface area contributed by atoms with E-state index in [1.54, 1.807) is 0 Å². The number of hydrogen-bond donors (Lipinski definition) is 0. The molecular weight excluding hydrogens is 302 g/mol. The monoisotopic (exact) mass is 325 g/mol. The normalized spacial score (nSPS) is 11.9. The van der Waals surface area contributed by atoms with Crippen LogP contribution in [0.25, 0.3) is 28.2 Å². The van der Waals surface area contributed by atoms with Gasteiger partial charge in [-0.3, -0.25) is 0 Å². The van der Waals surface area contributed by atoms with E-state index in [9.17, 15) is 0 Å². The number of fused-ring (bicyclic) bond motifs is 1. The number of aryl methyl sites for hydroxylation is 1. The van der Waals surface area contributed by atoms with Gasteiger partial charge in [-0.05, 0) is 65.9 Å². The molecule has 1 aromatic heterocycles. The molecule has 0 fully saturated rings. The van der Waals surface area contributed by atoms with Gasteiger partial charge in [0, 0.05) is 17.3 Å². The molecule has 1 heterocycles. The Morgan fingerprint density at radius 3 is 2.32 bits per heavy atom. The Kier molecular flexibility index (Phi) is 4.58. The van der Waals surface area contributed by atoms with E-state index in [0.29, 0.717) is 0 Å². The minimum absolute atomic E-state index is 1.12. The lowest BCUT2D eigenvalue weighted by atomic mass is 9.94. The molecule has 1 nitrogen and oxygen atoms in total. The van der Waals surface area contributed by atoms with Gasteiger partial charge >= 0.3 is 0 Å². The summed E-state index contributed by atoms with van der Waals surface area (Å²) < 4.78 is 2.22. The fraction of sp³-hybridized carbons (Fsp3) is 0.0833. The van der Waals surface area contributed by atoms with Crippen molar-refractivity contribution in [3.8, 4) is 5.69 Å². The predicted molar refractivity (Wildman–Crippen MR) is 111 cm³/mol. The molecule has 0 atom stereocenters. The summed E-state index contributed by atoms with van der Waals surface area (Å²) >= 11 is 0. The van der Waals surface area contributed by atoms with Gasteiger partial charge in [0.1, 0.15) is 0 Å². The Morgan fingerprint density at radius 2 is 1.72 bits per heavy atom. The van der Waals surface area contributed by atoms with E-state index in [4.69, 9.17) is 0 Å². The average molecular weight is 325 g/mol. The minimum atomic E-state index is 1.12. The van der Waals surface area contributed by atoms with Gasteiger partial charge in [-0.25, -0.2) is 0 Å². The van der Waals surface area contributed by atoms with Crippen molar-refractivity contribution in [1.29, 1.82) is 0 Å².